The summed E-state index contributed by atoms with van der Waals surface area (Å²) in [6, 6.07) is 20.1. The molecular formula is C24H28O5. The van der Waals surface area contributed by atoms with Gasteiger partial charge < -0.3 is 23.7 Å². The number of hydrogen-bond donors (Lipinski definition) is 0. The first-order valence-corrected chi connectivity index (χ1v) is 10.1. The molecule has 2 aromatic carbocycles. The lowest BCUT2D eigenvalue weighted by Gasteiger charge is -2.49. The van der Waals surface area contributed by atoms with Crippen molar-refractivity contribution < 1.29 is 23.7 Å². The minimum atomic E-state index is -0.438. The molecule has 2 saturated heterocycles. The van der Waals surface area contributed by atoms with Crippen LogP contribution in [0.5, 0.6) is 0 Å². The molecule has 2 aliphatic heterocycles. The van der Waals surface area contributed by atoms with Gasteiger partial charge in [-0.25, -0.2) is 0 Å². The maximum atomic E-state index is 6.43. The number of fused-ring (bicyclic) bond motifs is 1. The standard InChI is InChI=1S/C24H28O5/c1-3-10-19-21(26-15-17-11-6-4-7-12-17)22-20(28-24(19)25-2)16-27-23(29-22)18-13-8-5-9-14-18/h3-9,11-14,19-24H,1,10,15-16H2,2H3/t19-,20+,21-,22+,23+,24-/m0/s1. The van der Waals surface area contributed by atoms with Gasteiger partial charge in [0, 0.05) is 18.6 Å². The Morgan fingerprint density at radius 2 is 1.76 bits per heavy atom. The number of methoxy groups -OCH3 is 1. The molecule has 6 atom stereocenters. The van der Waals surface area contributed by atoms with E-state index in [-0.39, 0.29) is 24.2 Å². The van der Waals surface area contributed by atoms with E-state index in [9.17, 15) is 0 Å². The molecule has 5 nitrogen and oxygen atoms in total. The first-order valence-electron chi connectivity index (χ1n) is 10.1. The summed E-state index contributed by atoms with van der Waals surface area (Å²) in [5.74, 6) is -0.0167. The largest absolute Gasteiger partial charge is 0.370 e. The minimum Gasteiger partial charge on any atom is -0.370 e. The van der Waals surface area contributed by atoms with E-state index in [1.54, 1.807) is 7.11 Å². The Balaban J connectivity index is 1.56. The topological polar surface area (TPSA) is 46.2 Å². The van der Waals surface area contributed by atoms with Crippen LogP contribution in [0.15, 0.2) is 73.3 Å². The van der Waals surface area contributed by atoms with Gasteiger partial charge in [-0.1, -0.05) is 66.7 Å². The van der Waals surface area contributed by atoms with Crippen molar-refractivity contribution in [1.82, 2.24) is 0 Å². The Morgan fingerprint density at radius 3 is 2.45 bits per heavy atom. The van der Waals surface area contributed by atoms with Crippen LogP contribution in [-0.4, -0.2) is 38.3 Å². The molecule has 0 radical (unpaired) electrons. The quantitative estimate of drug-likeness (QED) is 0.655. The third-order valence-corrected chi connectivity index (χ3v) is 5.49. The molecule has 4 rings (SSSR count). The normalized spacial score (nSPS) is 31.8. The predicted octanol–water partition coefficient (Wildman–Crippen LogP) is 4.25. The van der Waals surface area contributed by atoms with Crippen LogP contribution in [-0.2, 0) is 30.3 Å². The zero-order chi connectivity index (χ0) is 20.1. The molecule has 0 saturated carbocycles. The highest BCUT2D eigenvalue weighted by Crippen LogP contribution is 2.39. The highest BCUT2D eigenvalue weighted by molar-refractivity contribution is 5.17. The molecule has 0 N–H and O–H groups in total. The molecule has 2 aliphatic rings. The molecule has 154 valence electrons. The van der Waals surface area contributed by atoms with Gasteiger partial charge in [-0.15, -0.1) is 6.58 Å². The molecule has 2 aromatic rings. The summed E-state index contributed by atoms with van der Waals surface area (Å²) >= 11 is 0. The van der Waals surface area contributed by atoms with Gasteiger partial charge in [0.15, 0.2) is 12.6 Å². The van der Waals surface area contributed by atoms with Crippen LogP contribution in [0.1, 0.15) is 23.8 Å². The Morgan fingerprint density at radius 1 is 1.03 bits per heavy atom. The van der Waals surface area contributed by atoms with Crippen molar-refractivity contribution in [2.45, 2.75) is 43.9 Å². The van der Waals surface area contributed by atoms with Gasteiger partial charge in [-0.3, -0.25) is 0 Å². The van der Waals surface area contributed by atoms with Crippen molar-refractivity contribution in [3.8, 4) is 0 Å². The maximum absolute atomic E-state index is 6.43. The Kier molecular flexibility index (Phi) is 6.74. The molecule has 0 aliphatic carbocycles. The summed E-state index contributed by atoms with van der Waals surface area (Å²) in [4.78, 5) is 0. The van der Waals surface area contributed by atoms with Crippen LogP contribution in [0.4, 0.5) is 0 Å². The van der Waals surface area contributed by atoms with Crippen molar-refractivity contribution in [3.63, 3.8) is 0 Å². The lowest BCUT2D eigenvalue weighted by molar-refractivity contribution is -0.356. The molecule has 0 bridgehead atoms. The van der Waals surface area contributed by atoms with Gasteiger partial charge in [0.05, 0.1) is 19.3 Å². The van der Waals surface area contributed by atoms with E-state index in [1.807, 2.05) is 54.6 Å². The van der Waals surface area contributed by atoms with Crippen molar-refractivity contribution in [2.24, 2.45) is 5.92 Å². The lowest BCUT2D eigenvalue weighted by atomic mass is 9.87. The van der Waals surface area contributed by atoms with E-state index in [4.69, 9.17) is 23.7 Å². The number of rotatable bonds is 7. The average molecular weight is 396 g/mol. The summed E-state index contributed by atoms with van der Waals surface area (Å²) < 4.78 is 30.6. The van der Waals surface area contributed by atoms with Gasteiger partial charge in [0.1, 0.15) is 12.2 Å². The molecule has 0 amide bonds. The second-order valence-corrected chi connectivity index (χ2v) is 7.40. The Bertz CT molecular complexity index is 765. The Labute approximate surface area is 172 Å². The van der Waals surface area contributed by atoms with Crippen molar-refractivity contribution in [1.29, 1.82) is 0 Å². The van der Waals surface area contributed by atoms with Crippen LogP contribution in [0.3, 0.4) is 0 Å². The second kappa shape index (κ2) is 9.65. The van der Waals surface area contributed by atoms with Crippen LogP contribution in [0.2, 0.25) is 0 Å². The van der Waals surface area contributed by atoms with Crippen LogP contribution >= 0.6 is 0 Å². The molecule has 2 fully saturated rings. The second-order valence-electron chi connectivity index (χ2n) is 7.40. The molecule has 5 heteroatoms. The van der Waals surface area contributed by atoms with E-state index in [0.29, 0.717) is 19.6 Å². The number of allylic oxidation sites excluding steroid dienone is 1. The van der Waals surface area contributed by atoms with Crippen molar-refractivity contribution in [2.75, 3.05) is 13.7 Å². The minimum absolute atomic E-state index is 0.0167. The van der Waals surface area contributed by atoms with Crippen LogP contribution < -0.4 is 0 Å². The fraction of sp³-hybridized carbons (Fsp3) is 0.417. The predicted molar refractivity (Wildman–Crippen MR) is 109 cm³/mol. The van der Waals surface area contributed by atoms with Crippen molar-refractivity contribution >= 4 is 0 Å². The molecule has 2 heterocycles. The number of benzene rings is 2. The third kappa shape index (κ3) is 4.60. The summed E-state index contributed by atoms with van der Waals surface area (Å²) in [7, 11) is 1.66. The summed E-state index contributed by atoms with van der Waals surface area (Å²) in [5, 5.41) is 0. The smallest absolute Gasteiger partial charge is 0.184 e. The highest BCUT2D eigenvalue weighted by Gasteiger charge is 2.50. The van der Waals surface area contributed by atoms with Crippen LogP contribution in [0.25, 0.3) is 0 Å². The Hall–Kier alpha value is -2.02. The first kappa shape index (κ1) is 20.3. The van der Waals surface area contributed by atoms with E-state index in [2.05, 4.69) is 18.7 Å². The molecule has 0 unspecified atom stereocenters. The summed E-state index contributed by atoms with van der Waals surface area (Å²) in [6.45, 7) is 4.84. The first-order chi connectivity index (χ1) is 14.3. The zero-order valence-corrected chi connectivity index (χ0v) is 16.7. The summed E-state index contributed by atoms with van der Waals surface area (Å²) in [5.41, 5.74) is 2.11. The lowest BCUT2D eigenvalue weighted by Crippen LogP contribution is -2.60. The van der Waals surface area contributed by atoms with E-state index < -0.39 is 12.6 Å². The van der Waals surface area contributed by atoms with Gasteiger partial charge in [-0.2, -0.15) is 0 Å². The highest BCUT2D eigenvalue weighted by atomic mass is 16.7. The fourth-order valence-corrected chi connectivity index (χ4v) is 4.06. The van der Waals surface area contributed by atoms with E-state index in [0.717, 1.165) is 11.1 Å². The third-order valence-electron chi connectivity index (χ3n) is 5.49. The molecule has 29 heavy (non-hydrogen) atoms. The zero-order valence-electron chi connectivity index (χ0n) is 16.7. The maximum Gasteiger partial charge on any atom is 0.184 e. The summed E-state index contributed by atoms with van der Waals surface area (Å²) in [6.07, 6.45) is 1.06. The van der Waals surface area contributed by atoms with Gasteiger partial charge in [0.2, 0.25) is 0 Å². The number of ether oxygens (including phenoxy) is 5. The SMILES string of the molecule is C=CC[C@@H]1[C@@H](OC)O[C@@H]2CO[C@@H](c3ccccc3)O[C@H]2[C@H]1OCc1ccccc1. The van der Waals surface area contributed by atoms with E-state index in [1.165, 1.54) is 0 Å². The van der Waals surface area contributed by atoms with Crippen molar-refractivity contribution in [3.05, 3.63) is 84.4 Å². The average Bonchev–Trinajstić information content (AvgIpc) is 2.79. The molecular weight excluding hydrogens is 368 g/mol. The van der Waals surface area contributed by atoms with Gasteiger partial charge in [-0.05, 0) is 12.0 Å². The van der Waals surface area contributed by atoms with Gasteiger partial charge in [0.25, 0.3) is 0 Å². The monoisotopic (exact) mass is 396 g/mol. The number of hydrogen-bond acceptors (Lipinski definition) is 5. The van der Waals surface area contributed by atoms with E-state index >= 15 is 0 Å². The van der Waals surface area contributed by atoms with Crippen LogP contribution in [0, 0.1) is 5.92 Å². The molecule has 0 spiro atoms. The fourth-order valence-electron chi connectivity index (χ4n) is 4.06. The molecule has 0 aromatic heterocycles. The van der Waals surface area contributed by atoms with Gasteiger partial charge >= 0.3 is 0 Å².